The molecule has 0 bridgehead atoms. The zero-order valence-electron chi connectivity index (χ0n) is 33.1. The van der Waals surface area contributed by atoms with Crippen LogP contribution in [0.4, 0.5) is 0 Å². The number of amidine groups is 2. The summed E-state index contributed by atoms with van der Waals surface area (Å²) in [5.41, 5.74) is 11.5. The Labute approximate surface area is 352 Å². The number of nitrogens with one attached hydrogen (secondary N) is 1. The van der Waals surface area contributed by atoms with E-state index in [0.717, 1.165) is 77.5 Å². The fourth-order valence-corrected chi connectivity index (χ4v) is 9.13. The second kappa shape index (κ2) is 14.3. The van der Waals surface area contributed by atoms with Gasteiger partial charge in [-0.1, -0.05) is 188 Å². The van der Waals surface area contributed by atoms with Gasteiger partial charge in [-0.15, -0.1) is 0 Å². The van der Waals surface area contributed by atoms with E-state index in [1.807, 2.05) is 18.2 Å². The lowest BCUT2D eigenvalue weighted by Crippen LogP contribution is -2.33. The normalized spacial score (nSPS) is 14.1. The molecule has 286 valence electrons. The van der Waals surface area contributed by atoms with E-state index >= 15 is 0 Å². The summed E-state index contributed by atoms with van der Waals surface area (Å²) in [6.45, 7) is 0. The van der Waals surface area contributed by atoms with Crippen molar-refractivity contribution in [3.05, 3.63) is 229 Å². The summed E-state index contributed by atoms with van der Waals surface area (Å²) in [4.78, 5) is 10.6. The number of fused-ring (bicyclic) bond motifs is 6. The van der Waals surface area contributed by atoms with Crippen LogP contribution in [0.25, 0.3) is 87.6 Å². The van der Waals surface area contributed by atoms with Crippen LogP contribution in [-0.4, -0.2) is 11.7 Å². The topological polar surface area (TPSA) is 49.9 Å². The van der Waals surface area contributed by atoms with E-state index in [1.54, 1.807) is 0 Å². The summed E-state index contributed by atoms with van der Waals surface area (Å²) in [5.74, 6) is 1.46. The third kappa shape index (κ3) is 6.08. The Bertz CT molecular complexity index is 3560. The molecule has 1 N–H and O–H groups in total. The van der Waals surface area contributed by atoms with Gasteiger partial charge in [0.1, 0.15) is 23.2 Å². The summed E-state index contributed by atoms with van der Waals surface area (Å²) >= 11 is 0. The maximum atomic E-state index is 6.80. The fraction of sp³-hybridized carbons (Fsp3) is 0.0175. The van der Waals surface area contributed by atoms with Crippen molar-refractivity contribution >= 4 is 65.9 Å². The van der Waals surface area contributed by atoms with Gasteiger partial charge >= 0.3 is 0 Å². The van der Waals surface area contributed by atoms with Crippen LogP contribution in [0.15, 0.2) is 227 Å². The van der Waals surface area contributed by atoms with Gasteiger partial charge in [0.05, 0.1) is 0 Å². The summed E-state index contributed by atoms with van der Waals surface area (Å²) < 4.78 is 6.80. The second-order valence-corrected chi connectivity index (χ2v) is 15.7. The minimum Gasteiger partial charge on any atom is -0.455 e. The van der Waals surface area contributed by atoms with E-state index in [-0.39, 0.29) is 6.17 Å². The Morgan fingerprint density at radius 2 is 1.02 bits per heavy atom. The Morgan fingerprint density at radius 3 is 1.87 bits per heavy atom. The molecule has 10 aromatic carbocycles. The molecule has 4 nitrogen and oxygen atoms in total. The highest BCUT2D eigenvalue weighted by Crippen LogP contribution is 2.43. The lowest BCUT2D eigenvalue weighted by Gasteiger charge is -2.24. The number of rotatable bonds is 6. The van der Waals surface area contributed by atoms with Crippen molar-refractivity contribution < 1.29 is 4.42 Å². The molecule has 0 fully saturated rings. The molecule has 0 spiro atoms. The fourth-order valence-electron chi connectivity index (χ4n) is 9.13. The van der Waals surface area contributed by atoms with E-state index in [1.165, 1.54) is 32.7 Å². The smallest absolute Gasteiger partial charge is 0.159 e. The van der Waals surface area contributed by atoms with Gasteiger partial charge in [0.25, 0.3) is 0 Å². The average molecular weight is 780 g/mol. The van der Waals surface area contributed by atoms with Crippen LogP contribution in [0, 0.1) is 0 Å². The Balaban J connectivity index is 1.00. The SMILES string of the molecule is c1ccc(C2=NC(c3cc(-c4cccc5oc6c(-c7ccc8ccccc8c7)cccc6c45)c4ccccc4c3)=NC(c3ccc(-c4cccc5ccccc45)cc3)N2)cc1. The summed E-state index contributed by atoms with van der Waals surface area (Å²) in [5, 5.41) is 13.0. The summed E-state index contributed by atoms with van der Waals surface area (Å²) in [6, 6.07) is 75.3. The van der Waals surface area contributed by atoms with E-state index < -0.39 is 0 Å². The van der Waals surface area contributed by atoms with Crippen LogP contribution in [0.3, 0.4) is 0 Å². The number of para-hydroxylation sites is 1. The minimum absolute atomic E-state index is 0.353. The molecule has 1 unspecified atom stereocenters. The molecule has 12 rings (SSSR count). The first-order chi connectivity index (χ1) is 30.2. The van der Waals surface area contributed by atoms with E-state index in [0.29, 0.717) is 5.84 Å². The van der Waals surface area contributed by atoms with Crippen molar-refractivity contribution in [3.8, 4) is 33.4 Å². The van der Waals surface area contributed by atoms with Gasteiger partial charge < -0.3 is 9.73 Å². The Morgan fingerprint density at radius 1 is 0.393 bits per heavy atom. The number of hydrogen-bond donors (Lipinski definition) is 1. The standard InChI is InChI=1S/C57H37N3O/c1-2-15-39(16-3-1)55-58-56(40-30-28-38(29-31-40)46-22-10-19-37-14-6-8-20-45(37)46)60-57(59-55)44-34-42-18-7-9-21-47(42)51(35-44)49-24-12-26-52-53(49)50-25-11-23-48(54(50)61-52)43-32-27-36-13-4-5-17-41(36)33-43/h1-35,56H,(H,58,59,60). The van der Waals surface area contributed by atoms with Crippen molar-refractivity contribution in [2.24, 2.45) is 9.98 Å². The van der Waals surface area contributed by atoms with Gasteiger partial charge in [0.2, 0.25) is 0 Å². The average Bonchev–Trinajstić information content (AvgIpc) is 3.73. The lowest BCUT2D eigenvalue weighted by atomic mass is 9.92. The van der Waals surface area contributed by atoms with Gasteiger partial charge in [0, 0.05) is 27.5 Å². The molecule has 4 heteroatoms. The predicted octanol–water partition coefficient (Wildman–Crippen LogP) is 14.5. The predicted molar refractivity (Wildman–Crippen MR) is 254 cm³/mol. The molecule has 1 aromatic heterocycles. The van der Waals surface area contributed by atoms with Crippen LogP contribution in [0.1, 0.15) is 22.9 Å². The van der Waals surface area contributed by atoms with E-state index in [4.69, 9.17) is 14.4 Å². The lowest BCUT2D eigenvalue weighted by molar-refractivity contribution is 0.670. The molecule has 61 heavy (non-hydrogen) atoms. The largest absolute Gasteiger partial charge is 0.455 e. The van der Waals surface area contributed by atoms with Crippen LogP contribution in [0.5, 0.6) is 0 Å². The third-order valence-electron chi connectivity index (χ3n) is 12.1. The molecule has 0 radical (unpaired) electrons. The Kier molecular flexibility index (Phi) is 8.20. The highest BCUT2D eigenvalue weighted by Gasteiger charge is 2.23. The summed E-state index contributed by atoms with van der Waals surface area (Å²) in [7, 11) is 0. The van der Waals surface area contributed by atoms with Crippen LogP contribution in [-0.2, 0) is 0 Å². The molecule has 1 aliphatic rings. The van der Waals surface area contributed by atoms with Crippen molar-refractivity contribution in [2.75, 3.05) is 0 Å². The van der Waals surface area contributed by atoms with Gasteiger partial charge in [-0.3, -0.25) is 0 Å². The van der Waals surface area contributed by atoms with Crippen molar-refractivity contribution in [2.45, 2.75) is 6.17 Å². The van der Waals surface area contributed by atoms with Gasteiger partial charge in [0.15, 0.2) is 5.84 Å². The number of nitrogens with zero attached hydrogens (tertiary/aromatic N) is 2. The number of aliphatic imine (C=N–C) groups is 2. The van der Waals surface area contributed by atoms with Crippen molar-refractivity contribution in [1.82, 2.24) is 5.32 Å². The van der Waals surface area contributed by atoms with Crippen LogP contribution < -0.4 is 5.32 Å². The quantitative estimate of drug-likeness (QED) is 0.183. The molecule has 1 aliphatic heterocycles. The van der Waals surface area contributed by atoms with Crippen molar-refractivity contribution in [1.29, 1.82) is 0 Å². The van der Waals surface area contributed by atoms with E-state index in [2.05, 4.69) is 199 Å². The van der Waals surface area contributed by atoms with Gasteiger partial charge in [-0.25, -0.2) is 9.98 Å². The summed E-state index contributed by atoms with van der Waals surface area (Å²) in [6.07, 6.45) is -0.353. The monoisotopic (exact) mass is 779 g/mol. The first-order valence-electron chi connectivity index (χ1n) is 20.8. The maximum Gasteiger partial charge on any atom is 0.159 e. The molecule has 0 saturated heterocycles. The molecular formula is C57H37N3O. The van der Waals surface area contributed by atoms with Crippen molar-refractivity contribution in [3.63, 3.8) is 0 Å². The highest BCUT2D eigenvalue weighted by atomic mass is 16.3. The molecule has 0 aliphatic carbocycles. The second-order valence-electron chi connectivity index (χ2n) is 15.7. The molecule has 1 atom stereocenters. The third-order valence-corrected chi connectivity index (χ3v) is 12.1. The number of benzene rings is 10. The first kappa shape index (κ1) is 34.9. The van der Waals surface area contributed by atoms with E-state index in [9.17, 15) is 0 Å². The minimum atomic E-state index is -0.353. The van der Waals surface area contributed by atoms with Gasteiger partial charge in [-0.2, -0.15) is 0 Å². The molecular weight excluding hydrogens is 743 g/mol. The Hall–Kier alpha value is -8.08. The highest BCUT2D eigenvalue weighted by molar-refractivity contribution is 6.20. The van der Waals surface area contributed by atoms with Crippen LogP contribution in [0.2, 0.25) is 0 Å². The first-order valence-corrected chi connectivity index (χ1v) is 20.8. The molecule has 11 aromatic rings. The zero-order chi connectivity index (χ0) is 40.3. The number of furan rings is 1. The maximum absolute atomic E-state index is 6.80. The molecule has 2 heterocycles. The van der Waals surface area contributed by atoms with Gasteiger partial charge in [-0.05, 0) is 90.0 Å². The van der Waals surface area contributed by atoms with Crippen LogP contribution >= 0.6 is 0 Å². The number of hydrogen-bond acceptors (Lipinski definition) is 4. The molecule has 0 saturated carbocycles. The zero-order valence-corrected chi connectivity index (χ0v) is 33.1. The molecule has 0 amide bonds.